The van der Waals surface area contributed by atoms with Crippen LogP contribution in [0.4, 0.5) is 0 Å². The Morgan fingerprint density at radius 2 is 1.43 bits per heavy atom. The van der Waals surface area contributed by atoms with Crippen molar-refractivity contribution in [2.24, 2.45) is 11.5 Å². The summed E-state index contributed by atoms with van der Waals surface area (Å²) in [6, 6.07) is 23.8. The number of nitrogens with two attached hydrogens (primary N) is 2. The van der Waals surface area contributed by atoms with Crippen LogP contribution in [0.2, 0.25) is 0 Å². The average molecular weight is 509 g/mol. The van der Waals surface area contributed by atoms with Gasteiger partial charge in [-0.15, -0.1) is 0 Å². The summed E-state index contributed by atoms with van der Waals surface area (Å²) in [4.78, 5) is 0. The predicted molar refractivity (Wildman–Crippen MR) is 146 cm³/mol. The summed E-state index contributed by atoms with van der Waals surface area (Å²) in [5.41, 5.74) is 15.7. The summed E-state index contributed by atoms with van der Waals surface area (Å²) < 4.78 is 17.5. The van der Waals surface area contributed by atoms with Crippen molar-refractivity contribution in [1.82, 2.24) is 0 Å². The van der Waals surface area contributed by atoms with Gasteiger partial charge in [0.25, 0.3) is 0 Å². The Hall–Kier alpha value is -2.94. The van der Waals surface area contributed by atoms with Gasteiger partial charge in [-0.1, -0.05) is 48.5 Å². The molecule has 0 aliphatic carbocycles. The zero-order chi connectivity index (χ0) is 26.3. The minimum absolute atomic E-state index is 0.00995. The standard InChI is InChI=1S/C30H40N2O5/c31-12-10-29(24-8-4-9-27(19-24)37-17-14-33)25-18-26(30(34)11-13-32)21-28(20-25)36-16-5-15-35-22-23-6-2-1-3-7-23/h1-4,6-9,18-21,29-30,33-34H,5,10-17,22,31-32H2. The second kappa shape index (κ2) is 16.0. The highest BCUT2D eigenvalue weighted by molar-refractivity contribution is 5.43. The van der Waals surface area contributed by atoms with Crippen LogP contribution >= 0.6 is 0 Å². The van der Waals surface area contributed by atoms with E-state index in [2.05, 4.69) is 0 Å². The fourth-order valence-corrected chi connectivity index (χ4v) is 4.24. The Balaban J connectivity index is 1.73. The van der Waals surface area contributed by atoms with Crippen LogP contribution in [0.5, 0.6) is 11.5 Å². The van der Waals surface area contributed by atoms with E-state index in [1.165, 1.54) is 0 Å². The summed E-state index contributed by atoms with van der Waals surface area (Å²) in [6.45, 7) is 2.74. The van der Waals surface area contributed by atoms with Gasteiger partial charge in [-0.3, -0.25) is 0 Å². The molecule has 7 nitrogen and oxygen atoms in total. The fraction of sp³-hybridized carbons (Fsp3) is 0.400. The summed E-state index contributed by atoms with van der Waals surface area (Å²) in [5, 5.41) is 19.8. The van der Waals surface area contributed by atoms with Crippen LogP contribution in [-0.2, 0) is 11.3 Å². The molecule has 3 aromatic carbocycles. The molecular formula is C30H40N2O5. The number of aliphatic hydroxyl groups excluding tert-OH is 2. The molecule has 0 saturated carbocycles. The van der Waals surface area contributed by atoms with Gasteiger partial charge in [0.1, 0.15) is 18.1 Å². The van der Waals surface area contributed by atoms with Gasteiger partial charge in [0.15, 0.2) is 0 Å². The van der Waals surface area contributed by atoms with Crippen LogP contribution in [0.1, 0.15) is 53.5 Å². The summed E-state index contributed by atoms with van der Waals surface area (Å²) >= 11 is 0. The van der Waals surface area contributed by atoms with E-state index in [1.807, 2.05) is 72.8 Å². The average Bonchev–Trinajstić information content (AvgIpc) is 2.93. The van der Waals surface area contributed by atoms with Crippen LogP contribution < -0.4 is 20.9 Å². The van der Waals surface area contributed by atoms with Crippen molar-refractivity contribution in [2.75, 3.05) is 39.5 Å². The van der Waals surface area contributed by atoms with Crippen molar-refractivity contribution >= 4 is 0 Å². The first-order valence-electron chi connectivity index (χ1n) is 13.0. The third-order valence-electron chi connectivity index (χ3n) is 6.07. The zero-order valence-electron chi connectivity index (χ0n) is 21.4. The van der Waals surface area contributed by atoms with Crippen molar-refractivity contribution < 1.29 is 24.4 Å². The number of rotatable bonds is 17. The molecule has 37 heavy (non-hydrogen) atoms. The molecule has 0 aromatic heterocycles. The molecule has 0 radical (unpaired) electrons. The Bertz CT molecular complexity index is 1050. The van der Waals surface area contributed by atoms with Crippen LogP contribution in [0.15, 0.2) is 72.8 Å². The second-order valence-corrected chi connectivity index (χ2v) is 8.94. The topological polar surface area (TPSA) is 120 Å². The molecule has 0 fully saturated rings. The maximum atomic E-state index is 10.7. The molecule has 2 unspecified atom stereocenters. The molecule has 0 heterocycles. The lowest BCUT2D eigenvalue weighted by molar-refractivity contribution is 0.107. The Kier molecular flexibility index (Phi) is 12.4. The molecule has 200 valence electrons. The molecule has 0 bridgehead atoms. The number of aliphatic hydroxyl groups is 2. The lowest BCUT2D eigenvalue weighted by atomic mass is 9.86. The Morgan fingerprint density at radius 3 is 2.19 bits per heavy atom. The molecule has 0 aliphatic rings. The molecule has 0 spiro atoms. The van der Waals surface area contributed by atoms with E-state index in [1.54, 1.807) is 0 Å². The van der Waals surface area contributed by atoms with E-state index in [4.69, 9.17) is 30.8 Å². The van der Waals surface area contributed by atoms with E-state index >= 15 is 0 Å². The normalized spacial score (nSPS) is 12.8. The number of benzene rings is 3. The predicted octanol–water partition coefficient (Wildman–Crippen LogP) is 3.91. The maximum absolute atomic E-state index is 10.7. The first kappa shape index (κ1) is 28.6. The number of ether oxygens (including phenoxy) is 3. The quantitative estimate of drug-likeness (QED) is 0.204. The molecule has 0 aliphatic heterocycles. The largest absolute Gasteiger partial charge is 0.493 e. The Morgan fingerprint density at radius 1 is 0.703 bits per heavy atom. The maximum Gasteiger partial charge on any atom is 0.119 e. The Labute approximate surface area is 220 Å². The summed E-state index contributed by atoms with van der Waals surface area (Å²) in [7, 11) is 0. The van der Waals surface area contributed by atoms with Gasteiger partial charge in [0.05, 0.1) is 32.5 Å². The van der Waals surface area contributed by atoms with Crippen LogP contribution in [0.3, 0.4) is 0 Å². The first-order chi connectivity index (χ1) is 18.1. The van der Waals surface area contributed by atoms with Crippen LogP contribution in [0, 0.1) is 0 Å². The van der Waals surface area contributed by atoms with E-state index < -0.39 is 6.10 Å². The lowest BCUT2D eigenvalue weighted by Crippen LogP contribution is -2.12. The molecule has 2 atom stereocenters. The van der Waals surface area contributed by atoms with E-state index in [-0.39, 0.29) is 19.1 Å². The third-order valence-corrected chi connectivity index (χ3v) is 6.07. The highest BCUT2D eigenvalue weighted by Crippen LogP contribution is 2.34. The van der Waals surface area contributed by atoms with Crippen molar-refractivity contribution in [2.45, 2.75) is 37.9 Å². The molecule has 6 N–H and O–H groups in total. The van der Waals surface area contributed by atoms with Gasteiger partial charge in [-0.25, -0.2) is 0 Å². The van der Waals surface area contributed by atoms with E-state index in [9.17, 15) is 5.11 Å². The molecule has 7 heteroatoms. The summed E-state index contributed by atoms with van der Waals surface area (Å²) in [6.07, 6.45) is 1.24. The first-order valence-corrected chi connectivity index (χ1v) is 13.0. The van der Waals surface area contributed by atoms with Crippen molar-refractivity contribution in [3.8, 4) is 11.5 Å². The smallest absolute Gasteiger partial charge is 0.119 e. The lowest BCUT2D eigenvalue weighted by Gasteiger charge is -2.22. The fourth-order valence-electron chi connectivity index (χ4n) is 4.24. The van der Waals surface area contributed by atoms with E-state index in [0.717, 1.165) is 28.7 Å². The van der Waals surface area contributed by atoms with Crippen molar-refractivity contribution in [1.29, 1.82) is 0 Å². The van der Waals surface area contributed by atoms with Gasteiger partial charge in [-0.05, 0) is 72.5 Å². The van der Waals surface area contributed by atoms with Crippen molar-refractivity contribution in [3.63, 3.8) is 0 Å². The van der Waals surface area contributed by atoms with Gasteiger partial charge in [0, 0.05) is 12.3 Å². The van der Waals surface area contributed by atoms with Gasteiger partial charge < -0.3 is 35.9 Å². The molecule has 0 amide bonds. The molecule has 0 saturated heterocycles. The van der Waals surface area contributed by atoms with Crippen molar-refractivity contribution in [3.05, 3.63) is 95.1 Å². The monoisotopic (exact) mass is 508 g/mol. The summed E-state index contributed by atoms with van der Waals surface area (Å²) in [5.74, 6) is 1.38. The minimum atomic E-state index is -0.681. The number of hydrogen-bond acceptors (Lipinski definition) is 7. The molecular weight excluding hydrogens is 468 g/mol. The highest BCUT2D eigenvalue weighted by atomic mass is 16.5. The van der Waals surface area contributed by atoms with Crippen LogP contribution in [0.25, 0.3) is 0 Å². The minimum Gasteiger partial charge on any atom is -0.493 e. The van der Waals surface area contributed by atoms with Gasteiger partial charge in [0.2, 0.25) is 0 Å². The SMILES string of the molecule is NCCC(O)c1cc(OCCCOCc2ccccc2)cc(C(CCN)c2cccc(OCCO)c2)c1. The zero-order valence-corrected chi connectivity index (χ0v) is 21.4. The number of hydrogen-bond donors (Lipinski definition) is 4. The molecule has 3 rings (SSSR count). The van der Waals surface area contributed by atoms with Gasteiger partial charge in [-0.2, -0.15) is 0 Å². The second-order valence-electron chi connectivity index (χ2n) is 8.94. The third kappa shape index (κ3) is 9.46. The highest BCUT2D eigenvalue weighted by Gasteiger charge is 2.19. The van der Waals surface area contributed by atoms with Gasteiger partial charge >= 0.3 is 0 Å². The van der Waals surface area contributed by atoms with Crippen LogP contribution in [-0.4, -0.2) is 49.7 Å². The van der Waals surface area contributed by atoms with E-state index in [0.29, 0.717) is 57.3 Å². The molecule has 3 aromatic rings.